The number of carboxylic acids is 1. The van der Waals surface area contributed by atoms with E-state index in [1.807, 2.05) is 12.1 Å². The van der Waals surface area contributed by atoms with Crippen molar-refractivity contribution in [2.75, 3.05) is 25.1 Å². The number of aliphatic carboxylic acids is 1. The molecule has 0 radical (unpaired) electrons. The van der Waals surface area contributed by atoms with Crippen LogP contribution in [0.1, 0.15) is 41.0 Å². The maximum absolute atomic E-state index is 14.7. The number of halogens is 4. The van der Waals surface area contributed by atoms with Gasteiger partial charge in [0.05, 0.1) is 11.5 Å². The molecule has 3 aliphatic rings. The van der Waals surface area contributed by atoms with E-state index >= 15 is 0 Å². The third-order valence-corrected chi connectivity index (χ3v) is 8.26. The van der Waals surface area contributed by atoms with Gasteiger partial charge in [0.2, 0.25) is 0 Å². The molecule has 2 aromatic carbocycles. The molecule has 3 aromatic rings. The van der Waals surface area contributed by atoms with Gasteiger partial charge in [0.1, 0.15) is 24.0 Å². The number of benzene rings is 2. The molecule has 0 bridgehead atoms. The molecule has 1 aromatic heterocycles. The molecule has 0 amide bonds. The Morgan fingerprint density at radius 2 is 1.93 bits per heavy atom. The molecular formula is C30H28F4N2O4. The number of nitrogens with one attached hydrogen (secondary N) is 1. The molecule has 40 heavy (non-hydrogen) atoms. The molecule has 1 saturated heterocycles. The van der Waals surface area contributed by atoms with Crippen molar-refractivity contribution in [3.8, 4) is 16.9 Å². The zero-order chi connectivity index (χ0) is 28.0. The second-order valence-electron chi connectivity index (χ2n) is 10.8. The van der Waals surface area contributed by atoms with Crippen LogP contribution in [0, 0.1) is 23.6 Å². The Kier molecular flexibility index (Phi) is 6.90. The average molecular weight is 557 g/mol. The number of aromatic nitrogens is 1. The number of carboxylic acid groups (broad SMARTS) is 1. The first kappa shape index (κ1) is 26.6. The highest BCUT2D eigenvalue weighted by Gasteiger charge is 2.59. The van der Waals surface area contributed by atoms with E-state index in [1.165, 1.54) is 18.3 Å². The van der Waals surface area contributed by atoms with Crippen molar-refractivity contribution >= 4 is 11.8 Å². The van der Waals surface area contributed by atoms with Gasteiger partial charge in [0.25, 0.3) is 0 Å². The zero-order valence-corrected chi connectivity index (χ0v) is 21.5. The minimum absolute atomic E-state index is 0.0376. The van der Waals surface area contributed by atoms with Gasteiger partial charge in [0, 0.05) is 43.0 Å². The van der Waals surface area contributed by atoms with Crippen molar-refractivity contribution < 1.29 is 36.9 Å². The number of anilines is 1. The number of alkyl halides is 3. The van der Waals surface area contributed by atoms with Crippen LogP contribution >= 0.6 is 0 Å². The second-order valence-corrected chi connectivity index (χ2v) is 10.8. The quantitative estimate of drug-likeness (QED) is 0.317. The highest BCUT2D eigenvalue weighted by Crippen LogP contribution is 2.61. The molecule has 2 N–H and O–H groups in total. The lowest BCUT2D eigenvalue weighted by Gasteiger charge is -2.23. The highest BCUT2D eigenvalue weighted by atomic mass is 19.4. The van der Waals surface area contributed by atoms with Gasteiger partial charge >= 0.3 is 12.1 Å². The molecule has 2 aliphatic carbocycles. The van der Waals surface area contributed by atoms with Crippen LogP contribution in [-0.2, 0) is 28.7 Å². The first-order valence-corrected chi connectivity index (χ1v) is 13.3. The molecule has 10 heteroatoms. The summed E-state index contributed by atoms with van der Waals surface area (Å²) in [6.45, 7) is 1.62. The summed E-state index contributed by atoms with van der Waals surface area (Å²) in [4.78, 5) is 15.5. The predicted octanol–water partition coefficient (Wildman–Crippen LogP) is 6.29. The molecule has 6 rings (SSSR count). The standard InChI is InChI=1S/C30H28F4N2O4/c31-25-4-1-17(23-14-36-26(12-24(23)30(32,33)34)35-13-16-5-7-39-8-6-16)9-19(25)15-40-20-2-3-21-18(10-20)11-22-27(21)28(22)29(37)38/h1-4,9-10,12,14,16,22,27-28H,5-8,11,13,15H2,(H,35,36)(H,37,38)/t22-,27?,28+/m1/s1. The smallest absolute Gasteiger partial charge is 0.417 e. The Hall–Kier alpha value is -3.66. The van der Waals surface area contributed by atoms with E-state index in [0.29, 0.717) is 37.8 Å². The van der Waals surface area contributed by atoms with Gasteiger partial charge < -0.3 is 19.9 Å². The van der Waals surface area contributed by atoms with Crippen LogP contribution in [0.25, 0.3) is 11.1 Å². The molecule has 0 spiro atoms. The maximum Gasteiger partial charge on any atom is 0.417 e. The summed E-state index contributed by atoms with van der Waals surface area (Å²) >= 11 is 0. The third kappa shape index (κ3) is 5.24. The molecule has 2 heterocycles. The lowest BCUT2D eigenvalue weighted by molar-refractivity contribution is -0.139. The maximum atomic E-state index is 14.7. The molecule has 210 valence electrons. The van der Waals surface area contributed by atoms with E-state index in [-0.39, 0.29) is 46.9 Å². The first-order chi connectivity index (χ1) is 19.2. The van der Waals surface area contributed by atoms with Crippen LogP contribution in [0.4, 0.5) is 23.4 Å². The number of fused-ring (bicyclic) bond motifs is 3. The number of hydrogen-bond acceptors (Lipinski definition) is 5. The van der Waals surface area contributed by atoms with Crippen LogP contribution in [0.15, 0.2) is 48.7 Å². The van der Waals surface area contributed by atoms with Crippen LogP contribution in [-0.4, -0.2) is 35.8 Å². The van der Waals surface area contributed by atoms with Gasteiger partial charge in [-0.05, 0) is 78.1 Å². The molecule has 6 nitrogen and oxygen atoms in total. The van der Waals surface area contributed by atoms with E-state index in [9.17, 15) is 27.5 Å². The van der Waals surface area contributed by atoms with Crippen molar-refractivity contribution in [3.05, 3.63) is 76.7 Å². The summed E-state index contributed by atoms with van der Waals surface area (Å²) < 4.78 is 68.0. The second kappa shape index (κ2) is 10.4. The van der Waals surface area contributed by atoms with E-state index in [4.69, 9.17) is 9.47 Å². The van der Waals surface area contributed by atoms with Crippen molar-refractivity contribution in [2.45, 2.75) is 38.0 Å². The molecule has 1 aliphatic heterocycles. The lowest BCUT2D eigenvalue weighted by atomic mass is 9.98. The summed E-state index contributed by atoms with van der Waals surface area (Å²) in [7, 11) is 0. The summed E-state index contributed by atoms with van der Waals surface area (Å²) in [5.41, 5.74) is 1.33. The van der Waals surface area contributed by atoms with Gasteiger partial charge in [-0.3, -0.25) is 4.79 Å². The Balaban J connectivity index is 1.18. The SMILES string of the molecule is O=C(O)[C@@H]1C2c3ccc(OCc4cc(-c5cnc(NCC6CCOCC6)cc5C(F)(F)F)ccc4F)cc3C[C@H]21. The van der Waals surface area contributed by atoms with Crippen LogP contribution < -0.4 is 10.1 Å². The number of hydrogen-bond donors (Lipinski definition) is 2. The molecule has 1 saturated carbocycles. The van der Waals surface area contributed by atoms with Gasteiger partial charge in [-0.25, -0.2) is 9.37 Å². The van der Waals surface area contributed by atoms with Crippen molar-refractivity contribution in [3.63, 3.8) is 0 Å². The predicted molar refractivity (Wildman–Crippen MR) is 139 cm³/mol. The highest BCUT2D eigenvalue weighted by molar-refractivity contribution is 5.78. The van der Waals surface area contributed by atoms with E-state index in [0.717, 1.165) is 36.1 Å². The van der Waals surface area contributed by atoms with E-state index < -0.39 is 23.5 Å². The molecule has 3 atom stereocenters. The minimum atomic E-state index is -4.64. The largest absolute Gasteiger partial charge is 0.489 e. The topological polar surface area (TPSA) is 80.7 Å². The number of ether oxygens (including phenoxy) is 2. The average Bonchev–Trinajstić information content (AvgIpc) is 3.54. The first-order valence-electron chi connectivity index (χ1n) is 13.3. The van der Waals surface area contributed by atoms with Crippen LogP contribution in [0.2, 0.25) is 0 Å². The Labute approximate surface area is 228 Å². The van der Waals surface area contributed by atoms with E-state index in [2.05, 4.69) is 10.3 Å². The third-order valence-electron chi connectivity index (χ3n) is 8.26. The Bertz CT molecular complexity index is 1440. The number of pyridine rings is 1. The van der Waals surface area contributed by atoms with Crippen molar-refractivity contribution in [2.24, 2.45) is 17.8 Å². The minimum Gasteiger partial charge on any atom is -0.489 e. The van der Waals surface area contributed by atoms with Crippen molar-refractivity contribution in [1.82, 2.24) is 4.98 Å². The van der Waals surface area contributed by atoms with Crippen LogP contribution in [0.5, 0.6) is 5.75 Å². The fourth-order valence-corrected chi connectivity index (χ4v) is 6.05. The number of carbonyl (C=O) groups is 1. The van der Waals surface area contributed by atoms with Gasteiger partial charge in [-0.1, -0.05) is 12.1 Å². The fraction of sp³-hybridized carbons (Fsp3) is 0.400. The summed E-state index contributed by atoms with van der Waals surface area (Å²) in [6.07, 6.45) is -1.12. The summed E-state index contributed by atoms with van der Waals surface area (Å²) in [5, 5.41) is 12.3. The Morgan fingerprint density at radius 1 is 1.12 bits per heavy atom. The fourth-order valence-electron chi connectivity index (χ4n) is 6.05. The normalized spacial score (nSPS) is 21.9. The molecule has 1 unspecified atom stereocenters. The van der Waals surface area contributed by atoms with E-state index in [1.54, 1.807) is 6.07 Å². The van der Waals surface area contributed by atoms with Crippen molar-refractivity contribution in [1.29, 1.82) is 0 Å². The summed E-state index contributed by atoms with van der Waals surface area (Å²) in [6, 6.07) is 10.2. The Morgan fingerprint density at radius 3 is 2.67 bits per heavy atom. The van der Waals surface area contributed by atoms with Gasteiger partial charge in [0.15, 0.2) is 0 Å². The zero-order valence-electron chi connectivity index (χ0n) is 21.5. The summed E-state index contributed by atoms with van der Waals surface area (Å²) in [5.74, 6) is -0.613. The number of rotatable bonds is 8. The van der Waals surface area contributed by atoms with Gasteiger partial charge in [-0.15, -0.1) is 0 Å². The monoisotopic (exact) mass is 556 g/mol. The lowest BCUT2D eigenvalue weighted by Crippen LogP contribution is -2.23. The number of nitrogens with zero attached hydrogens (tertiary/aromatic N) is 1. The van der Waals surface area contributed by atoms with Crippen LogP contribution in [0.3, 0.4) is 0 Å². The molecular weight excluding hydrogens is 528 g/mol. The molecule has 2 fully saturated rings. The van der Waals surface area contributed by atoms with Gasteiger partial charge in [-0.2, -0.15) is 13.2 Å².